The van der Waals surface area contributed by atoms with Gasteiger partial charge < -0.3 is 10.7 Å². The van der Waals surface area contributed by atoms with E-state index in [9.17, 15) is 4.39 Å². The highest BCUT2D eigenvalue weighted by Crippen LogP contribution is 2.21. The standard InChI is InChI=1S/C15H20FN5/c1-9(2)15-19-13(8-14(20-15)21-17)18-10(3)11-4-6-12(16)7-5-11/h4-10H,17H2,1-3H3,(H2,18,19,20,21). The summed E-state index contributed by atoms with van der Waals surface area (Å²) in [6, 6.07) is 8.12. The predicted molar refractivity (Wildman–Crippen MR) is 82.4 cm³/mol. The van der Waals surface area contributed by atoms with E-state index in [0.717, 1.165) is 5.56 Å². The van der Waals surface area contributed by atoms with E-state index >= 15 is 0 Å². The quantitative estimate of drug-likeness (QED) is 0.582. The third-order valence-corrected chi connectivity index (χ3v) is 3.14. The van der Waals surface area contributed by atoms with Gasteiger partial charge in [-0.05, 0) is 24.6 Å². The lowest BCUT2D eigenvalue weighted by molar-refractivity contribution is 0.626. The molecule has 5 nitrogen and oxygen atoms in total. The number of aromatic nitrogens is 2. The summed E-state index contributed by atoms with van der Waals surface area (Å²) in [5.74, 6) is 7.33. The Morgan fingerprint density at radius 1 is 1.05 bits per heavy atom. The molecule has 0 spiro atoms. The maximum atomic E-state index is 13.0. The Balaban J connectivity index is 2.21. The van der Waals surface area contributed by atoms with Crippen molar-refractivity contribution < 1.29 is 4.39 Å². The van der Waals surface area contributed by atoms with Crippen LogP contribution >= 0.6 is 0 Å². The first-order valence-corrected chi connectivity index (χ1v) is 6.87. The van der Waals surface area contributed by atoms with Crippen LogP contribution in [0.15, 0.2) is 30.3 Å². The number of hydrogen-bond acceptors (Lipinski definition) is 5. The minimum atomic E-state index is -0.246. The molecule has 1 atom stereocenters. The van der Waals surface area contributed by atoms with Crippen molar-refractivity contribution >= 4 is 11.6 Å². The number of hydrogen-bond donors (Lipinski definition) is 3. The summed E-state index contributed by atoms with van der Waals surface area (Å²) < 4.78 is 13.0. The molecule has 0 radical (unpaired) electrons. The molecule has 0 fully saturated rings. The zero-order valence-electron chi connectivity index (χ0n) is 12.4. The van der Waals surface area contributed by atoms with Crippen molar-refractivity contribution in [2.45, 2.75) is 32.7 Å². The van der Waals surface area contributed by atoms with E-state index in [1.54, 1.807) is 18.2 Å². The van der Waals surface area contributed by atoms with Crippen LogP contribution in [0.3, 0.4) is 0 Å². The molecule has 1 aromatic heterocycles. The van der Waals surface area contributed by atoms with Gasteiger partial charge in [-0.15, -0.1) is 0 Å². The summed E-state index contributed by atoms with van der Waals surface area (Å²) in [5, 5.41) is 3.28. The molecule has 0 aliphatic rings. The second-order valence-electron chi connectivity index (χ2n) is 5.21. The lowest BCUT2D eigenvalue weighted by atomic mass is 10.1. The van der Waals surface area contributed by atoms with Gasteiger partial charge in [-0.1, -0.05) is 26.0 Å². The van der Waals surface area contributed by atoms with E-state index in [2.05, 4.69) is 20.7 Å². The number of nitrogens with one attached hydrogen (secondary N) is 2. The highest BCUT2D eigenvalue weighted by Gasteiger charge is 2.11. The zero-order chi connectivity index (χ0) is 15.4. The van der Waals surface area contributed by atoms with Crippen molar-refractivity contribution in [1.29, 1.82) is 0 Å². The first kappa shape index (κ1) is 15.2. The molecule has 1 unspecified atom stereocenters. The second-order valence-corrected chi connectivity index (χ2v) is 5.21. The van der Waals surface area contributed by atoms with E-state index < -0.39 is 0 Å². The lowest BCUT2D eigenvalue weighted by Gasteiger charge is -2.17. The molecule has 1 aromatic carbocycles. The summed E-state index contributed by atoms with van der Waals surface area (Å²) >= 11 is 0. The maximum Gasteiger partial charge on any atom is 0.145 e. The molecule has 0 aliphatic heterocycles. The van der Waals surface area contributed by atoms with Crippen molar-refractivity contribution in [2.24, 2.45) is 5.84 Å². The summed E-state index contributed by atoms with van der Waals surface area (Å²) in [6.07, 6.45) is 0. The van der Waals surface area contributed by atoms with Crippen molar-refractivity contribution in [3.05, 3.63) is 47.5 Å². The summed E-state index contributed by atoms with van der Waals surface area (Å²) in [4.78, 5) is 8.78. The minimum Gasteiger partial charge on any atom is -0.363 e. The highest BCUT2D eigenvalue weighted by molar-refractivity contribution is 5.48. The highest BCUT2D eigenvalue weighted by atomic mass is 19.1. The fourth-order valence-corrected chi connectivity index (χ4v) is 1.93. The monoisotopic (exact) mass is 289 g/mol. The molecule has 21 heavy (non-hydrogen) atoms. The molecule has 6 heteroatoms. The largest absolute Gasteiger partial charge is 0.363 e. The van der Waals surface area contributed by atoms with Gasteiger partial charge in [0.15, 0.2) is 0 Å². The molecule has 0 saturated carbocycles. The van der Waals surface area contributed by atoms with Crippen LogP contribution in [0.25, 0.3) is 0 Å². The second kappa shape index (κ2) is 6.49. The Kier molecular flexibility index (Phi) is 4.70. The van der Waals surface area contributed by atoms with Crippen LogP contribution in [0.2, 0.25) is 0 Å². The van der Waals surface area contributed by atoms with Crippen LogP contribution in [0.4, 0.5) is 16.0 Å². The molecule has 0 amide bonds. The van der Waals surface area contributed by atoms with Gasteiger partial charge in [-0.2, -0.15) is 0 Å². The molecule has 0 saturated heterocycles. The molecule has 0 aliphatic carbocycles. The van der Waals surface area contributed by atoms with Gasteiger partial charge in [0.2, 0.25) is 0 Å². The number of nitrogens with two attached hydrogens (primary N) is 1. The molecule has 4 N–H and O–H groups in total. The minimum absolute atomic E-state index is 0.00821. The van der Waals surface area contributed by atoms with E-state index in [-0.39, 0.29) is 17.8 Å². The number of nitrogens with zero attached hydrogens (tertiary/aromatic N) is 2. The molecule has 2 rings (SSSR count). The first-order chi connectivity index (χ1) is 9.99. The fourth-order valence-electron chi connectivity index (χ4n) is 1.93. The van der Waals surface area contributed by atoms with Gasteiger partial charge in [0.25, 0.3) is 0 Å². The molecule has 2 aromatic rings. The van der Waals surface area contributed by atoms with Crippen molar-refractivity contribution in [3.63, 3.8) is 0 Å². The number of benzene rings is 1. The zero-order valence-corrected chi connectivity index (χ0v) is 12.4. The summed E-state index contributed by atoms with van der Waals surface area (Å²) in [5.41, 5.74) is 3.52. The van der Waals surface area contributed by atoms with E-state index in [1.807, 2.05) is 20.8 Å². The van der Waals surface area contributed by atoms with Crippen LogP contribution in [0, 0.1) is 5.82 Å². The number of halogens is 1. The summed E-state index contributed by atoms with van der Waals surface area (Å²) in [6.45, 7) is 6.02. The molecule has 112 valence electrons. The SMILES string of the molecule is CC(C)c1nc(NN)cc(NC(C)c2ccc(F)cc2)n1. The summed E-state index contributed by atoms with van der Waals surface area (Å²) in [7, 11) is 0. The average Bonchev–Trinajstić information content (AvgIpc) is 2.47. The van der Waals surface area contributed by atoms with Crippen molar-refractivity contribution in [3.8, 4) is 0 Å². The van der Waals surface area contributed by atoms with Crippen molar-refractivity contribution in [2.75, 3.05) is 10.7 Å². The Morgan fingerprint density at radius 3 is 2.24 bits per heavy atom. The van der Waals surface area contributed by atoms with E-state index in [0.29, 0.717) is 17.5 Å². The van der Waals surface area contributed by atoms with Gasteiger partial charge in [-0.25, -0.2) is 20.2 Å². The maximum absolute atomic E-state index is 13.0. The third kappa shape index (κ3) is 3.88. The molecular formula is C15H20FN5. The Bertz CT molecular complexity index is 598. The Hall–Kier alpha value is -2.21. The normalized spacial score (nSPS) is 12.3. The average molecular weight is 289 g/mol. The van der Waals surface area contributed by atoms with Gasteiger partial charge >= 0.3 is 0 Å². The Morgan fingerprint density at radius 2 is 1.67 bits per heavy atom. The van der Waals surface area contributed by atoms with Gasteiger partial charge in [-0.3, -0.25) is 0 Å². The molecule has 0 bridgehead atoms. The van der Waals surface area contributed by atoms with Crippen LogP contribution in [0.5, 0.6) is 0 Å². The van der Waals surface area contributed by atoms with Crippen LogP contribution < -0.4 is 16.6 Å². The number of rotatable bonds is 5. The van der Waals surface area contributed by atoms with E-state index in [4.69, 9.17) is 5.84 Å². The molecular weight excluding hydrogens is 269 g/mol. The first-order valence-electron chi connectivity index (χ1n) is 6.87. The van der Waals surface area contributed by atoms with E-state index in [1.165, 1.54) is 12.1 Å². The smallest absolute Gasteiger partial charge is 0.145 e. The van der Waals surface area contributed by atoms with Crippen LogP contribution in [-0.4, -0.2) is 9.97 Å². The van der Waals surface area contributed by atoms with Crippen molar-refractivity contribution in [1.82, 2.24) is 9.97 Å². The number of anilines is 2. The number of hydrazine groups is 1. The van der Waals surface area contributed by atoms with Gasteiger partial charge in [0.1, 0.15) is 23.3 Å². The van der Waals surface area contributed by atoms with Crippen LogP contribution in [0.1, 0.15) is 44.1 Å². The van der Waals surface area contributed by atoms with Gasteiger partial charge in [0.05, 0.1) is 0 Å². The third-order valence-electron chi connectivity index (χ3n) is 3.14. The molecule has 1 heterocycles. The van der Waals surface area contributed by atoms with Crippen LogP contribution in [-0.2, 0) is 0 Å². The topological polar surface area (TPSA) is 75.9 Å². The predicted octanol–water partition coefficient (Wildman–Crippen LogP) is 3.20. The number of nitrogen functional groups attached to an aromatic ring is 1. The van der Waals surface area contributed by atoms with Gasteiger partial charge in [0, 0.05) is 18.0 Å². The fraction of sp³-hybridized carbons (Fsp3) is 0.333. The lowest BCUT2D eigenvalue weighted by Crippen LogP contribution is -2.14. The Labute approximate surface area is 123 Å².